The van der Waals surface area contributed by atoms with Crippen LogP contribution in [-0.4, -0.2) is 37.1 Å². The fourth-order valence-corrected chi connectivity index (χ4v) is 5.82. The van der Waals surface area contributed by atoms with Crippen LogP contribution in [0.2, 0.25) is 15.1 Å². The predicted molar refractivity (Wildman–Crippen MR) is 180 cm³/mol. The van der Waals surface area contributed by atoms with E-state index in [0.717, 1.165) is 27.8 Å². The molecule has 0 fully saturated rings. The van der Waals surface area contributed by atoms with Crippen LogP contribution in [0.4, 0.5) is 5.69 Å². The van der Waals surface area contributed by atoms with Crippen molar-refractivity contribution in [2.24, 2.45) is 0 Å². The van der Waals surface area contributed by atoms with Gasteiger partial charge >= 0.3 is 0 Å². The lowest BCUT2D eigenvalue weighted by Gasteiger charge is -2.22. The Bertz CT molecular complexity index is 1800. The summed E-state index contributed by atoms with van der Waals surface area (Å²) in [5.74, 6) is -2.06. The topological polar surface area (TPSA) is 115 Å². The molecule has 1 unspecified atom stereocenters. The molecular formula is C34H32Cl3N2O5S-. The number of rotatable bonds is 10. The van der Waals surface area contributed by atoms with Gasteiger partial charge in [-0.25, -0.2) is 8.42 Å². The van der Waals surface area contributed by atoms with Crippen molar-refractivity contribution in [1.82, 2.24) is 5.32 Å². The van der Waals surface area contributed by atoms with Crippen LogP contribution in [0.15, 0.2) is 84.9 Å². The minimum Gasteiger partial charge on any atom is -0.748 e. The Balaban J connectivity index is 1.56. The molecule has 0 bridgehead atoms. The van der Waals surface area contributed by atoms with Crippen LogP contribution >= 0.6 is 34.8 Å². The number of hydrogen-bond donors (Lipinski definition) is 2. The predicted octanol–water partition coefficient (Wildman–Crippen LogP) is 7.85. The second kappa shape index (κ2) is 14.4. The molecule has 0 radical (unpaired) electrons. The van der Waals surface area contributed by atoms with Crippen LogP contribution in [0.5, 0.6) is 0 Å². The van der Waals surface area contributed by atoms with E-state index in [9.17, 15) is 22.6 Å². The first-order valence-electron chi connectivity index (χ1n) is 14.1. The average Bonchev–Trinajstić information content (AvgIpc) is 2.96. The molecule has 0 spiro atoms. The lowest BCUT2D eigenvalue weighted by Crippen LogP contribution is -2.29. The fraction of sp³-hybridized carbons (Fsp3) is 0.235. The van der Waals surface area contributed by atoms with Crippen molar-refractivity contribution in [3.8, 4) is 11.1 Å². The summed E-state index contributed by atoms with van der Waals surface area (Å²) in [4.78, 5) is 26.2. The summed E-state index contributed by atoms with van der Waals surface area (Å²) in [6.45, 7) is 6.07. The number of carbonyl (C=O) groups excluding carboxylic acids is 2. The molecule has 0 aliphatic carbocycles. The molecule has 7 nitrogen and oxygen atoms in total. The molecule has 0 heterocycles. The lowest BCUT2D eigenvalue weighted by atomic mass is 9.84. The highest BCUT2D eigenvalue weighted by atomic mass is 35.5. The zero-order valence-corrected chi connectivity index (χ0v) is 27.9. The van der Waals surface area contributed by atoms with Crippen molar-refractivity contribution < 1.29 is 22.6 Å². The van der Waals surface area contributed by atoms with Crippen LogP contribution in [-0.2, 0) is 26.7 Å². The molecule has 0 saturated heterocycles. The van der Waals surface area contributed by atoms with E-state index in [-0.39, 0.29) is 17.9 Å². The van der Waals surface area contributed by atoms with Gasteiger partial charge in [0.2, 0.25) is 5.91 Å². The molecule has 0 saturated carbocycles. The van der Waals surface area contributed by atoms with E-state index in [1.54, 1.807) is 54.6 Å². The van der Waals surface area contributed by atoms with Gasteiger partial charge < -0.3 is 15.2 Å². The van der Waals surface area contributed by atoms with E-state index in [0.29, 0.717) is 32.7 Å². The van der Waals surface area contributed by atoms with Gasteiger partial charge in [0, 0.05) is 27.7 Å². The number of anilines is 1. The molecule has 0 aliphatic heterocycles. The van der Waals surface area contributed by atoms with E-state index in [2.05, 4.69) is 31.4 Å². The maximum absolute atomic E-state index is 13.8. The standard InChI is InChI=1S/C34H33Cl3N2O5S/c1-34(2,3)25-11-8-22(9-12-25)28(18-21-4-6-23(7-5-21)32(40)38-16-17-45(42,43)44)33(41)39-31-15-10-24(19-30(31)37)27-14-13-26(35)20-29(27)36/h4-15,19-20,28H,16-18H2,1-3H3,(H,38,40)(H,39,41)(H,42,43,44)/p-1. The average molecular weight is 687 g/mol. The van der Waals surface area contributed by atoms with Crippen LogP contribution in [0.1, 0.15) is 53.7 Å². The van der Waals surface area contributed by atoms with Gasteiger partial charge in [-0.2, -0.15) is 0 Å². The summed E-state index contributed by atoms with van der Waals surface area (Å²) >= 11 is 19.0. The highest BCUT2D eigenvalue weighted by Gasteiger charge is 2.24. The Morgan fingerprint density at radius 1 is 0.844 bits per heavy atom. The molecule has 4 aromatic carbocycles. The first kappa shape index (κ1) is 34.5. The van der Waals surface area contributed by atoms with Crippen molar-refractivity contribution >= 4 is 62.4 Å². The molecule has 11 heteroatoms. The summed E-state index contributed by atoms with van der Waals surface area (Å²) in [7, 11) is -4.43. The Morgan fingerprint density at radius 3 is 2.09 bits per heavy atom. The Hall–Kier alpha value is -3.40. The van der Waals surface area contributed by atoms with Crippen LogP contribution < -0.4 is 10.6 Å². The third kappa shape index (κ3) is 9.55. The number of halogens is 3. The summed E-state index contributed by atoms with van der Waals surface area (Å²) in [6, 6.07) is 25.1. The van der Waals surface area contributed by atoms with E-state index < -0.39 is 27.7 Å². The molecule has 0 aliphatic rings. The first-order valence-corrected chi connectivity index (χ1v) is 16.8. The first-order chi connectivity index (χ1) is 21.1. The Kier molecular flexibility index (Phi) is 11.0. The largest absolute Gasteiger partial charge is 0.748 e. The third-order valence-electron chi connectivity index (χ3n) is 7.26. The van der Waals surface area contributed by atoms with Gasteiger partial charge in [0.25, 0.3) is 5.91 Å². The zero-order chi connectivity index (χ0) is 32.9. The van der Waals surface area contributed by atoms with Crippen molar-refractivity contribution in [2.75, 3.05) is 17.6 Å². The van der Waals surface area contributed by atoms with Gasteiger partial charge in [0.15, 0.2) is 0 Å². The van der Waals surface area contributed by atoms with E-state index in [4.69, 9.17) is 34.8 Å². The molecule has 4 aromatic rings. The normalized spacial score (nSPS) is 12.4. The number of hydrogen-bond acceptors (Lipinski definition) is 5. The number of benzene rings is 4. The van der Waals surface area contributed by atoms with Gasteiger partial charge in [0.1, 0.15) is 0 Å². The van der Waals surface area contributed by atoms with Gasteiger partial charge in [-0.05, 0) is 70.5 Å². The Labute approximate surface area is 278 Å². The molecule has 45 heavy (non-hydrogen) atoms. The van der Waals surface area contributed by atoms with Gasteiger partial charge in [-0.15, -0.1) is 0 Å². The second-order valence-corrected chi connectivity index (χ2v) is 14.4. The number of amides is 2. The minimum atomic E-state index is -4.43. The monoisotopic (exact) mass is 685 g/mol. The fourth-order valence-electron chi connectivity index (χ4n) is 4.72. The van der Waals surface area contributed by atoms with Gasteiger partial charge in [-0.3, -0.25) is 9.59 Å². The smallest absolute Gasteiger partial charge is 0.251 e. The zero-order valence-electron chi connectivity index (χ0n) is 24.9. The van der Waals surface area contributed by atoms with Crippen molar-refractivity contribution in [2.45, 2.75) is 38.5 Å². The molecule has 236 valence electrons. The van der Waals surface area contributed by atoms with Crippen LogP contribution in [0, 0.1) is 0 Å². The van der Waals surface area contributed by atoms with Crippen LogP contribution in [0.25, 0.3) is 11.1 Å². The number of nitrogens with one attached hydrogen (secondary N) is 2. The molecule has 2 N–H and O–H groups in total. The molecule has 1 atom stereocenters. The van der Waals surface area contributed by atoms with Gasteiger partial charge in [-0.1, -0.05) is 104 Å². The highest BCUT2D eigenvalue weighted by Crippen LogP contribution is 2.35. The molecule has 4 rings (SSSR count). The third-order valence-corrected chi connectivity index (χ3v) is 8.82. The second-order valence-electron chi connectivity index (χ2n) is 11.7. The SMILES string of the molecule is CC(C)(C)c1ccc(C(Cc2ccc(C(=O)NCCS(=O)(=O)[O-])cc2)C(=O)Nc2ccc(-c3ccc(Cl)cc3Cl)cc2Cl)cc1. The molecule has 2 amide bonds. The van der Waals surface area contributed by atoms with E-state index >= 15 is 0 Å². The Morgan fingerprint density at radius 2 is 1.51 bits per heavy atom. The number of carbonyl (C=O) groups is 2. The van der Waals surface area contributed by atoms with Crippen LogP contribution in [0.3, 0.4) is 0 Å². The summed E-state index contributed by atoms with van der Waals surface area (Å²) in [5.41, 5.74) is 4.94. The highest BCUT2D eigenvalue weighted by molar-refractivity contribution is 7.85. The van der Waals surface area contributed by atoms with E-state index in [1.165, 1.54) is 0 Å². The maximum Gasteiger partial charge on any atom is 0.251 e. The van der Waals surface area contributed by atoms with E-state index in [1.807, 2.05) is 30.3 Å². The molecular weight excluding hydrogens is 655 g/mol. The summed E-state index contributed by atoms with van der Waals surface area (Å²) in [5, 5.41) is 6.74. The van der Waals surface area contributed by atoms with Crippen molar-refractivity contribution in [3.63, 3.8) is 0 Å². The summed E-state index contributed by atoms with van der Waals surface area (Å²) < 4.78 is 32.4. The van der Waals surface area contributed by atoms with Gasteiger partial charge in [0.05, 0.1) is 32.5 Å². The quantitative estimate of drug-likeness (QED) is 0.165. The minimum absolute atomic E-state index is 0.0627. The van der Waals surface area contributed by atoms with Crippen molar-refractivity contribution in [1.29, 1.82) is 0 Å². The maximum atomic E-state index is 13.8. The molecule has 0 aromatic heterocycles. The lowest BCUT2D eigenvalue weighted by molar-refractivity contribution is -0.117. The van der Waals surface area contributed by atoms with Crippen molar-refractivity contribution in [3.05, 3.63) is 122 Å². The summed E-state index contributed by atoms with van der Waals surface area (Å²) in [6.07, 6.45) is 0.326.